The Bertz CT molecular complexity index is 264. The van der Waals surface area contributed by atoms with Gasteiger partial charge in [0, 0.05) is 32.1 Å². The number of hydrogen-bond donors (Lipinski definition) is 2. The predicted octanol–water partition coefficient (Wildman–Crippen LogP) is -0.750. The summed E-state index contributed by atoms with van der Waals surface area (Å²) < 4.78 is 0. The van der Waals surface area contributed by atoms with Crippen LogP contribution in [0.2, 0.25) is 0 Å². The lowest BCUT2D eigenvalue weighted by atomic mass is 9.96. The minimum atomic E-state index is 0.0389. The van der Waals surface area contributed by atoms with Crippen LogP contribution in [-0.4, -0.2) is 66.2 Å². The molecule has 5 heteroatoms. The summed E-state index contributed by atoms with van der Waals surface area (Å²) >= 11 is 0. The molecule has 0 aliphatic carbocycles. The van der Waals surface area contributed by atoms with Crippen LogP contribution < -0.4 is 5.73 Å². The van der Waals surface area contributed by atoms with Gasteiger partial charge < -0.3 is 20.6 Å². The maximum atomic E-state index is 11.6. The van der Waals surface area contributed by atoms with E-state index < -0.39 is 0 Å². The normalized spacial score (nSPS) is 28.0. The molecule has 0 saturated carbocycles. The molecule has 2 saturated heterocycles. The highest BCUT2D eigenvalue weighted by Gasteiger charge is 2.29. The van der Waals surface area contributed by atoms with Crippen molar-refractivity contribution in [2.24, 2.45) is 11.7 Å². The first-order valence-corrected chi connectivity index (χ1v) is 6.55. The third-order valence-corrected chi connectivity index (χ3v) is 3.85. The molecule has 0 aromatic heterocycles. The van der Waals surface area contributed by atoms with Crippen LogP contribution in [-0.2, 0) is 4.79 Å². The number of likely N-dealkylation sites (tertiary alicyclic amines) is 2. The molecule has 2 heterocycles. The van der Waals surface area contributed by atoms with Gasteiger partial charge in [-0.25, -0.2) is 0 Å². The average molecular weight is 241 g/mol. The second-order valence-electron chi connectivity index (χ2n) is 5.27. The van der Waals surface area contributed by atoms with Gasteiger partial charge >= 0.3 is 0 Å². The Balaban J connectivity index is 1.73. The zero-order valence-corrected chi connectivity index (χ0v) is 10.3. The molecule has 1 amide bonds. The molecule has 0 aromatic carbocycles. The third-order valence-electron chi connectivity index (χ3n) is 3.85. The molecule has 0 spiro atoms. The predicted molar refractivity (Wildman–Crippen MR) is 65.4 cm³/mol. The number of aliphatic hydroxyl groups excluding tert-OH is 1. The Kier molecular flexibility index (Phi) is 4.36. The third kappa shape index (κ3) is 3.40. The van der Waals surface area contributed by atoms with Gasteiger partial charge in [-0.2, -0.15) is 0 Å². The molecule has 1 unspecified atom stereocenters. The SMILES string of the molecule is NC1CC(=O)N(CC2CCN(CCO)CC2)C1. The summed E-state index contributed by atoms with van der Waals surface area (Å²) in [7, 11) is 0. The van der Waals surface area contributed by atoms with Crippen LogP contribution in [0.3, 0.4) is 0 Å². The van der Waals surface area contributed by atoms with E-state index in [4.69, 9.17) is 10.8 Å². The molecule has 5 nitrogen and oxygen atoms in total. The molecule has 3 N–H and O–H groups in total. The number of hydrogen-bond acceptors (Lipinski definition) is 4. The van der Waals surface area contributed by atoms with E-state index in [1.165, 1.54) is 0 Å². The zero-order chi connectivity index (χ0) is 12.3. The highest BCUT2D eigenvalue weighted by Crippen LogP contribution is 2.20. The molecule has 98 valence electrons. The van der Waals surface area contributed by atoms with Gasteiger partial charge in [0.1, 0.15) is 0 Å². The van der Waals surface area contributed by atoms with Crippen molar-refractivity contribution in [3.05, 3.63) is 0 Å². The molecule has 2 rings (SSSR count). The highest BCUT2D eigenvalue weighted by atomic mass is 16.3. The molecule has 0 bridgehead atoms. The lowest BCUT2D eigenvalue weighted by Crippen LogP contribution is -2.40. The zero-order valence-electron chi connectivity index (χ0n) is 10.3. The molecular weight excluding hydrogens is 218 g/mol. The van der Waals surface area contributed by atoms with E-state index in [9.17, 15) is 4.79 Å². The molecule has 0 aromatic rings. The van der Waals surface area contributed by atoms with Crippen LogP contribution >= 0.6 is 0 Å². The summed E-state index contributed by atoms with van der Waals surface area (Å²) in [5.41, 5.74) is 5.78. The van der Waals surface area contributed by atoms with Crippen LogP contribution in [0.1, 0.15) is 19.3 Å². The number of aliphatic hydroxyl groups is 1. The molecule has 2 aliphatic rings. The maximum absolute atomic E-state index is 11.6. The standard InChI is InChI=1S/C12H23N3O2/c13-11-7-12(17)15(9-11)8-10-1-3-14(4-2-10)5-6-16/h10-11,16H,1-9,13H2. The van der Waals surface area contributed by atoms with E-state index in [2.05, 4.69) is 4.90 Å². The first-order valence-electron chi connectivity index (χ1n) is 6.55. The van der Waals surface area contributed by atoms with Crippen molar-refractivity contribution < 1.29 is 9.90 Å². The number of amides is 1. The fourth-order valence-electron chi connectivity index (χ4n) is 2.82. The van der Waals surface area contributed by atoms with Crippen molar-refractivity contribution >= 4 is 5.91 Å². The topological polar surface area (TPSA) is 69.8 Å². The first-order chi connectivity index (χ1) is 8.19. The van der Waals surface area contributed by atoms with Crippen molar-refractivity contribution in [1.82, 2.24) is 9.80 Å². The summed E-state index contributed by atoms with van der Waals surface area (Å²) in [6, 6.07) is 0.0389. The van der Waals surface area contributed by atoms with Gasteiger partial charge in [0.15, 0.2) is 0 Å². The van der Waals surface area contributed by atoms with Gasteiger partial charge in [-0.3, -0.25) is 4.79 Å². The largest absolute Gasteiger partial charge is 0.395 e. The average Bonchev–Trinajstić information content (AvgIpc) is 2.61. The Labute approximate surface area is 103 Å². The number of nitrogens with zero attached hydrogens (tertiary/aromatic N) is 2. The van der Waals surface area contributed by atoms with Gasteiger partial charge in [-0.1, -0.05) is 0 Å². The van der Waals surface area contributed by atoms with E-state index in [1.807, 2.05) is 4.90 Å². The lowest BCUT2D eigenvalue weighted by Gasteiger charge is -2.33. The summed E-state index contributed by atoms with van der Waals surface area (Å²) in [5.74, 6) is 0.828. The van der Waals surface area contributed by atoms with Gasteiger partial charge in [0.2, 0.25) is 5.91 Å². The van der Waals surface area contributed by atoms with Crippen molar-refractivity contribution in [3.8, 4) is 0 Å². The minimum absolute atomic E-state index is 0.0389. The van der Waals surface area contributed by atoms with E-state index in [1.54, 1.807) is 0 Å². The fourth-order valence-corrected chi connectivity index (χ4v) is 2.82. The number of piperidine rings is 1. The number of rotatable bonds is 4. The molecule has 0 radical (unpaired) electrons. The van der Waals surface area contributed by atoms with E-state index >= 15 is 0 Å². The molecule has 2 aliphatic heterocycles. The summed E-state index contributed by atoms with van der Waals surface area (Å²) in [5, 5.41) is 8.87. The van der Waals surface area contributed by atoms with Crippen LogP contribution in [0.15, 0.2) is 0 Å². The first kappa shape index (κ1) is 12.8. The maximum Gasteiger partial charge on any atom is 0.224 e. The number of nitrogens with two attached hydrogens (primary N) is 1. The summed E-state index contributed by atoms with van der Waals surface area (Å²) in [4.78, 5) is 15.8. The van der Waals surface area contributed by atoms with Crippen LogP contribution in [0.5, 0.6) is 0 Å². The molecule has 1 atom stereocenters. The van der Waals surface area contributed by atoms with Crippen LogP contribution in [0, 0.1) is 5.92 Å². The van der Waals surface area contributed by atoms with E-state index in [0.717, 1.165) is 45.6 Å². The molecule has 2 fully saturated rings. The summed E-state index contributed by atoms with van der Waals surface area (Å²) in [6.07, 6.45) is 2.77. The number of β-amino-alcohol motifs (C(OH)–C–C–N with tert-alkyl or cyclic N) is 1. The van der Waals surface area contributed by atoms with Gasteiger partial charge in [0.25, 0.3) is 0 Å². The van der Waals surface area contributed by atoms with Crippen molar-refractivity contribution in [3.63, 3.8) is 0 Å². The smallest absolute Gasteiger partial charge is 0.224 e. The van der Waals surface area contributed by atoms with Crippen LogP contribution in [0.25, 0.3) is 0 Å². The Morgan fingerprint density at radius 1 is 1.35 bits per heavy atom. The van der Waals surface area contributed by atoms with Crippen molar-refractivity contribution in [2.45, 2.75) is 25.3 Å². The summed E-state index contributed by atoms with van der Waals surface area (Å²) in [6.45, 7) is 4.71. The Morgan fingerprint density at radius 2 is 2.06 bits per heavy atom. The van der Waals surface area contributed by atoms with Crippen LogP contribution in [0.4, 0.5) is 0 Å². The van der Waals surface area contributed by atoms with Crippen molar-refractivity contribution in [1.29, 1.82) is 0 Å². The van der Waals surface area contributed by atoms with E-state index in [0.29, 0.717) is 12.3 Å². The van der Waals surface area contributed by atoms with Gasteiger partial charge in [-0.05, 0) is 31.8 Å². The Morgan fingerprint density at radius 3 is 2.59 bits per heavy atom. The number of carbonyl (C=O) groups excluding carboxylic acids is 1. The molecular formula is C12H23N3O2. The van der Waals surface area contributed by atoms with Gasteiger partial charge in [0.05, 0.1) is 6.61 Å². The monoisotopic (exact) mass is 241 g/mol. The second kappa shape index (κ2) is 5.80. The number of carbonyl (C=O) groups is 1. The van der Waals surface area contributed by atoms with Gasteiger partial charge in [-0.15, -0.1) is 0 Å². The second-order valence-corrected chi connectivity index (χ2v) is 5.27. The quantitative estimate of drug-likeness (QED) is 0.679. The fraction of sp³-hybridized carbons (Fsp3) is 0.917. The Hall–Kier alpha value is -0.650. The minimum Gasteiger partial charge on any atom is -0.395 e. The highest BCUT2D eigenvalue weighted by molar-refractivity contribution is 5.79. The van der Waals surface area contributed by atoms with Crippen molar-refractivity contribution in [2.75, 3.05) is 39.3 Å². The molecule has 17 heavy (non-hydrogen) atoms. The van der Waals surface area contributed by atoms with E-state index in [-0.39, 0.29) is 18.6 Å². The lowest BCUT2D eigenvalue weighted by molar-refractivity contribution is -0.128.